The highest BCUT2D eigenvalue weighted by molar-refractivity contribution is 7.56. The van der Waals surface area contributed by atoms with Crippen LogP contribution in [0.1, 0.15) is 34.1 Å². The molecule has 9 heteroatoms. The van der Waals surface area contributed by atoms with Crippen LogP contribution in [-0.4, -0.2) is 37.4 Å². The van der Waals surface area contributed by atoms with Crippen LogP contribution in [0.3, 0.4) is 0 Å². The second-order valence-corrected chi connectivity index (χ2v) is 8.24. The quantitative estimate of drug-likeness (QED) is 0.206. The highest BCUT2D eigenvalue weighted by Gasteiger charge is 2.23. The summed E-state index contributed by atoms with van der Waals surface area (Å²) in [4.78, 5) is 17.1. The molecule has 26 heavy (non-hydrogen) atoms. The van der Waals surface area contributed by atoms with Crippen molar-refractivity contribution in [3.05, 3.63) is 30.3 Å². The molecule has 0 aliphatic carbocycles. The average Bonchev–Trinajstić information content (AvgIpc) is 2.60. The van der Waals surface area contributed by atoms with Crippen LogP contribution in [0.5, 0.6) is 0 Å². The molecule has 0 heterocycles. The van der Waals surface area contributed by atoms with E-state index in [1.807, 2.05) is 26.8 Å². The zero-order valence-corrected chi connectivity index (χ0v) is 16.6. The fourth-order valence-electron chi connectivity index (χ4n) is 1.83. The van der Waals surface area contributed by atoms with Crippen LogP contribution < -0.4 is 10.4 Å². The molecule has 1 rings (SSSR count). The van der Waals surface area contributed by atoms with Crippen molar-refractivity contribution in [1.29, 1.82) is 0 Å². The number of nitrogens with one attached hydrogen (secondary N) is 2. The molecule has 1 unspecified atom stereocenters. The number of ether oxygens (including phenoxy) is 1. The number of para-hydroxylation sites is 1. The fourth-order valence-corrected chi connectivity index (χ4v) is 3.37. The number of anilines is 1. The third kappa shape index (κ3) is 8.99. The number of carbonyl (C=O) groups is 1. The summed E-state index contributed by atoms with van der Waals surface area (Å²) in [5.74, 6) is -0.105. The van der Waals surface area contributed by atoms with Gasteiger partial charge in [0, 0.05) is 17.9 Å². The second-order valence-electron chi connectivity index (χ2n) is 5.75. The molecule has 0 aliphatic heterocycles. The molecular weight excluding hydrogens is 357 g/mol. The van der Waals surface area contributed by atoms with Crippen LogP contribution in [0.2, 0.25) is 0 Å². The molecule has 0 saturated carbocycles. The molecule has 0 spiro atoms. The maximum Gasteiger partial charge on any atom is 0.418 e. The molecule has 0 radical (unpaired) electrons. The zero-order chi connectivity index (χ0) is 19.4. The fraction of sp³-hybridized carbons (Fsp3) is 0.529. The summed E-state index contributed by atoms with van der Waals surface area (Å²) in [6.07, 6.45) is 0.308. The van der Waals surface area contributed by atoms with E-state index in [0.29, 0.717) is 18.5 Å². The van der Waals surface area contributed by atoms with Crippen molar-refractivity contribution in [1.82, 2.24) is 5.09 Å². The van der Waals surface area contributed by atoms with Crippen molar-refractivity contribution in [3.63, 3.8) is 0 Å². The number of rotatable bonds is 10. The molecule has 0 saturated heterocycles. The topological polar surface area (TPSA) is 98.2 Å². The van der Waals surface area contributed by atoms with Crippen LogP contribution in [-0.2, 0) is 18.7 Å². The van der Waals surface area contributed by atoms with E-state index in [1.165, 1.54) is 0 Å². The lowest BCUT2D eigenvalue weighted by Gasteiger charge is -2.20. The standard InChI is InChI=1S/C17H28N3O5P/c1-5-12-23-19-16(13-24-26(22,6-2)20-14(3)4)25-17(21)18-15-10-8-7-9-11-15/h7-11,14H,5-6,12-13H2,1-4H3,(H,18,21)(H,20,22)/b19-16+. The van der Waals surface area contributed by atoms with E-state index in [9.17, 15) is 9.36 Å². The Labute approximate surface area is 154 Å². The average molecular weight is 385 g/mol. The van der Waals surface area contributed by atoms with Gasteiger partial charge in [-0.1, -0.05) is 32.0 Å². The lowest BCUT2D eigenvalue weighted by atomic mass is 10.3. The van der Waals surface area contributed by atoms with E-state index < -0.39 is 13.6 Å². The molecule has 0 aromatic heterocycles. The molecule has 8 nitrogen and oxygen atoms in total. The Morgan fingerprint density at radius 3 is 2.50 bits per heavy atom. The molecule has 1 atom stereocenters. The largest absolute Gasteiger partial charge is 0.418 e. The minimum Gasteiger partial charge on any atom is -0.393 e. The molecular formula is C17H28N3O5P. The second kappa shape index (κ2) is 11.7. The van der Waals surface area contributed by atoms with E-state index in [0.717, 1.165) is 6.42 Å². The number of benzene rings is 1. The molecule has 2 N–H and O–H groups in total. The summed E-state index contributed by atoms with van der Waals surface area (Å²) < 4.78 is 23.2. The summed E-state index contributed by atoms with van der Waals surface area (Å²) in [6, 6.07) is 8.83. The van der Waals surface area contributed by atoms with Gasteiger partial charge in [0.1, 0.15) is 13.2 Å². The number of oxime groups is 1. The Kier molecular flexibility index (Phi) is 9.95. The summed E-state index contributed by atoms with van der Waals surface area (Å²) >= 11 is 0. The van der Waals surface area contributed by atoms with Crippen LogP contribution in [0, 0.1) is 0 Å². The maximum absolute atomic E-state index is 12.6. The first-order valence-electron chi connectivity index (χ1n) is 8.62. The van der Waals surface area contributed by atoms with Crippen molar-refractivity contribution in [2.75, 3.05) is 24.7 Å². The number of hydrogen-bond donors (Lipinski definition) is 2. The van der Waals surface area contributed by atoms with Crippen LogP contribution in [0.15, 0.2) is 35.5 Å². The summed E-state index contributed by atoms with van der Waals surface area (Å²) in [5, 5.41) is 9.24. The molecule has 146 valence electrons. The Hall–Kier alpha value is -1.89. The van der Waals surface area contributed by atoms with Crippen molar-refractivity contribution in [2.45, 2.75) is 40.2 Å². The van der Waals surface area contributed by atoms with E-state index >= 15 is 0 Å². The lowest BCUT2D eigenvalue weighted by Crippen LogP contribution is -2.26. The SMILES string of the molecule is CCCO/N=C(\COP(=O)(CC)NC(C)C)OC(=O)Nc1ccccc1. The number of carbonyl (C=O) groups excluding carboxylic acids is 1. The Bertz CT molecular complexity index is 622. The monoisotopic (exact) mass is 385 g/mol. The van der Waals surface area contributed by atoms with Crippen LogP contribution >= 0.6 is 7.52 Å². The first kappa shape index (κ1) is 22.2. The third-order valence-electron chi connectivity index (χ3n) is 2.96. The minimum absolute atomic E-state index is 0.0141. The highest BCUT2D eigenvalue weighted by atomic mass is 31.2. The smallest absolute Gasteiger partial charge is 0.393 e. The molecule has 1 aromatic rings. The van der Waals surface area contributed by atoms with Gasteiger partial charge in [-0.25, -0.2) is 9.88 Å². The van der Waals surface area contributed by atoms with Crippen molar-refractivity contribution in [2.24, 2.45) is 5.16 Å². The van der Waals surface area contributed by atoms with E-state index in [-0.39, 0.29) is 18.5 Å². The molecule has 0 aliphatic rings. The minimum atomic E-state index is -3.06. The van der Waals surface area contributed by atoms with Crippen molar-refractivity contribution >= 4 is 25.2 Å². The van der Waals surface area contributed by atoms with E-state index in [4.69, 9.17) is 14.1 Å². The predicted molar refractivity (Wildman–Crippen MR) is 103 cm³/mol. The summed E-state index contributed by atoms with van der Waals surface area (Å²) in [7, 11) is -3.06. The van der Waals surface area contributed by atoms with Gasteiger partial charge in [0.2, 0.25) is 0 Å². The van der Waals surface area contributed by atoms with Crippen LogP contribution in [0.25, 0.3) is 0 Å². The Balaban J connectivity index is 2.70. The van der Waals surface area contributed by atoms with Gasteiger partial charge in [0.15, 0.2) is 0 Å². The summed E-state index contributed by atoms with van der Waals surface area (Å²) in [6.45, 7) is 7.53. The molecule has 0 bridgehead atoms. The van der Waals surface area contributed by atoms with Gasteiger partial charge in [-0.3, -0.25) is 9.88 Å². The van der Waals surface area contributed by atoms with E-state index in [1.54, 1.807) is 31.2 Å². The van der Waals surface area contributed by atoms with Gasteiger partial charge in [-0.15, -0.1) is 0 Å². The van der Waals surface area contributed by atoms with Crippen molar-refractivity contribution in [3.8, 4) is 0 Å². The molecule has 1 amide bonds. The van der Waals surface area contributed by atoms with Crippen molar-refractivity contribution < 1.29 is 23.5 Å². The van der Waals surface area contributed by atoms with Gasteiger partial charge >= 0.3 is 6.09 Å². The highest BCUT2D eigenvalue weighted by Crippen LogP contribution is 2.42. The van der Waals surface area contributed by atoms with Gasteiger partial charge in [-0.2, -0.15) is 0 Å². The van der Waals surface area contributed by atoms with Gasteiger partial charge < -0.3 is 14.1 Å². The normalized spacial score (nSPS) is 14.0. The first-order valence-corrected chi connectivity index (χ1v) is 10.4. The lowest BCUT2D eigenvalue weighted by molar-refractivity contribution is 0.131. The Morgan fingerprint density at radius 2 is 1.92 bits per heavy atom. The molecule has 1 aromatic carbocycles. The molecule has 0 fully saturated rings. The van der Waals surface area contributed by atoms with E-state index in [2.05, 4.69) is 15.6 Å². The zero-order valence-electron chi connectivity index (χ0n) is 15.7. The summed E-state index contributed by atoms with van der Waals surface area (Å²) in [5.41, 5.74) is 0.577. The number of nitrogens with zero attached hydrogens (tertiary/aromatic N) is 1. The first-order chi connectivity index (χ1) is 12.4. The number of hydrogen-bond acceptors (Lipinski definition) is 6. The maximum atomic E-state index is 12.6. The van der Waals surface area contributed by atoms with Crippen LogP contribution in [0.4, 0.5) is 10.5 Å². The van der Waals surface area contributed by atoms with Gasteiger partial charge in [-0.05, 0) is 37.6 Å². The number of amides is 1. The third-order valence-corrected chi connectivity index (χ3v) is 5.25. The van der Waals surface area contributed by atoms with Gasteiger partial charge in [0.25, 0.3) is 13.4 Å². The van der Waals surface area contributed by atoms with Gasteiger partial charge in [0.05, 0.1) is 0 Å². The Morgan fingerprint density at radius 1 is 1.23 bits per heavy atom. The predicted octanol–water partition coefficient (Wildman–Crippen LogP) is 4.20.